The molecule has 0 bridgehead atoms. The van der Waals surface area contributed by atoms with E-state index in [1.807, 2.05) is 26.8 Å². The summed E-state index contributed by atoms with van der Waals surface area (Å²) in [5.41, 5.74) is 2.48. The van der Waals surface area contributed by atoms with E-state index in [-0.39, 0.29) is 17.6 Å². The van der Waals surface area contributed by atoms with Gasteiger partial charge in [-0.05, 0) is 45.1 Å². The minimum atomic E-state index is -0.261. The molecule has 1 aliphatic carbocycles. The molecule has 0 aromatic heterocycles. The summed E-state index contributed by atoms with van der Waals surface area (Å²) in [5, 5.41) is 9.00. The van der Waals surface area contributed by atoms with E-state index in [1.165, 1.54) is 0 Å². The largest absolute Gasteiger partial charge is 0.483 e. The number of fused-ring (bicyclic) bond motifs is 2. The first kappa shape index (κ1) is 12.0. The van der Waals surface area contributed by atoms with Gasteiger partial charge in [-0.1, -0.05) is 11.6 Å². The van der Waals surface area contributed by atoms with Crippen molar-refractivity contribution in [2.24, 2.45) is 10.9 Å². The van der Waals surface area contributed by atoms with Gasteiger partial charge in [0.2, 0.25) is 0 Å². The Morgan fingerprint density at radius 1 is 1.37 bits per heavy atom. The van der Waals surface area contributed by atoms with E-state index in [0.717, 1.165) is 16.9 Å². The second kappa shape index (κ2) is 3.96. The molecule has 0 saturated heterocycles. The average Bonchev–Trinajstić information content (AvgIpc) is 2.36. The van der Waals surface area contributed by atoms with Crippen molar-refractivity contribution in [1.29, 1.82) is 5.26 Å². The Balaban J connectivity index is 2.03. The predicted octanol–water partition coefficient (Wildman–Crippen LogP) is 3.08. The highest BCUT2D eigenvalue weighted by Crippen LogP contribution is 2.37. The molecule has 0 amide bonds. The number of dihydropyridines is 1. The average molecular weight is 252 g/mol. The number of hydrogen-bond donors (Lipinski definition) is 0. The molecule has 0 fully saturated rings. The Labute approximate surface area is 113 Å². The molecule has 2 atom stereocenters. The van der Waals surface area contributed by atoms with Gasteiger partial charge in [0.25, 0.3) is 0 Å². The molecule has 0 aromatic rings. The first-order chi connectivity index (χ1) is 8.98. The van der Waals surface area contributed by atoms with Crippen LogP contribution >= 0.6 is 0 Å². The van der Waals surface area contributed by atoms with Gasteiger partial charge in [-0.15, -0.1) is 0 Å². The van der Waals surface area contributed by atoms with Crippen molar-refractivity contribution in [2.45, 2.75) is 32.4 Å². The van der Waals surface area contributed by atoms with Gasteiger partial charge in [0.05, 0.1) is 6.04 Å². The summed E-state index contributed by atoms with van der Waals surface area (Å²) in [5.74, 6) is 1.13. The van der Waals surface area contributed by atoms with Crippen molar-refractivity contribution in [3.63, 3.8) is 0 Å². The quantitative estimate of drug-likeness (QED) is 0.665. The number of allylic oxidation sites excluding steroid dienone is 2. The highest BCUT2D eigenvalue weighted by molar-refractivity contribution is 6.08. The molecule has 19 heavy (non-hydrogen) atoms. The van der Waals surface area contributed by atoms with Crippen molar-refractivity contribution >= 4 is 5.71 Å². The third-order valence-corrected chi connectivity index (χ3v) is 3.66. The van der Waals surface area contributed by atoms with E-state index in [4.69, 9.17) is 10.00 Å². The first-order valence-corrected chi connectivity index (χ1v) is 6.47. The predicted molar refractivity (Wildman–Crippen MR) is 74.6 cm³/mol. The van der Waals surface area contributed by atoms with Crippen LogP contribution in [-0.2, 0) is 4.74 Å². The van der Waals surface area contributed by atoms with Crippen LogP contribution in [0.2, 0.25) is 0 Å². The van der Waals surface area contributed by atoms with Gasteiger partial charge in [-0.25, -0.2) is 0 Å². The van der Waals surface area contributed by atoms with Crippen LogP contribution in [0.5, 0.6) is 0 Å². The van der Waals surface area contributed by atoms with E-state index >= 15 is 0 Å². The molecule has 2 heterocycles. The zero-order valence-electron chi connectivity index (χ0n) is 11.3. The second-order valence-electron chi connectivity index (χ2n) is 5.72. The number of hydrogen-bond acceptors (Lipinski definition) is 3. The molecule has 3 nitrogen and oxygen atoms in total. The van der Waals surface area contributed by atoms with E-state index in [1.54, 1.807) is 0 Å². The highest BCUT2D eigenvalue weighted by Gasteiger charge is 2.32. The molecule has 0 N–H and O–H groups in total. The molecule has 0 radical (unpaired) electrons. The Morgan fingerprint density at radius 2 is 2.16 bits per heavy atom. The van der Waals surface area contributed by atoms with Gasteiger partial charge in [-0.3, -0.25) is 4.99 Å². The van der Waals surface area contributed by atoms with Crippen LogP contribution in [0, 0.1) is 17.2 Å². The fourth-order valence-electron chi connectivity index (χ4n) is 2.66. The number of ether oxygens (including phenoxy) is 1. The lowest BCUT2D eigenvalue weighted by Gasteiger charge is -2.35. The van der Waals surface area contributed by atoms with Crippen molar-refractivity contribution < 1.29 is 4.74 Å². The maximum atomic E-state index is 9.00. The van der Waals surface area contributed by atoms with Crippen LogP contribution in [0.3, 0.4) is 0 Å². The molecule has 0 spiro atoms. The van der Waals surface area contributed by atoms with Crippen LogP contribution in [-0.4, -0.2) is 17.4 Å². The SMILES string of the molecule is CC1=CC(C#N)=NC2C=C3C=CC(C)(C)OC3=CC12. The molecular weight excluding hydrogens is 236 g/mol. The van der Waals surface area contributed by atoms with Gasteiger partial charge < -0.3 is 4.74 Å². The normalized spacial score (nSPS) is 30.6. The Morgan fingerprint density at radius 3 is 2.89 bits per heavy atom. The lowest BCUT2D eigenvalue weighted by Crippen LogP contribution is -2.30. The summed E-state index contributed by atoms with van der Waals surface area (Å²) in [6.07, 6.45) is 10.2. The molecule has 2 aliphatic heterocycles. The zero-order valence-corrected chi connectivity index (χ0v) is 11.3. The fraction of sp³-hybridized carbons (Fsp3) is 0.375. The maximum absolute atomic E-state index is 9.00. The Hall–Kier alpha value is -2.08. The van der Waals surface area contributed by atoms with E-state index in [9.17, 15) is 0 Å². The monoisotopic (exact) mass is 252 g/mol. The standard InChI is InChI=1S/C16H16N2O/c1-10-6-12(9-17)18-14-7-11-4-5-16(2,3)19-15(11)8-13(10)14/h4-8,13-14H,1-3H3. The summed E-state index contributed by atoms with van der Waals surface area (Å²) in [7, 11) is 0. The van der Waals surface area contributed by atoms with Crippen molar-refractivity contribution in [1.82, 2.24) is 0 Å². The van der Waals surface area contributed by atoms with Crippen molar-refractivity contribution in [3.05, 3.63) is 47.3 Å². The van der Waals surface area contributed by atoms with Crippen LogP contribution in [0.25, 0.3) is 0 Å². The summed E-state index contributed by atoms with van der Waals surface area (Å²) < 4.78 is 5.99. The minimum absolute atomic E-state index is 0.0212. The second-order valence-corrected chi connectivity index (χ2v) is 5.72. The Bertz CT molecular complexity index is 624. The molecule has 3 heteroatoms. The third kappa shape index (κ3) is 2.04. The highest BCUT2D eigenvalue weighted by atomic mass is 16.5. The van der Waals surface area contributed by atoms with E-state index in [0.29, 0.717) is 5.71 Å². The summed E-state index contributed by atoms with van der Waals surface area (Å²) in [4.78, 5) is 4.47. The fourth-order valence-corrected chi connectivity index (χ4v) is 2.66. The van der Waals surface area contributed by atoms with Crippen LogP contribution < -0.4 is 0 Å². The number of nitriles is 1. The van der Waals surface area contributed by atoms with Crippen molar-refractivity contribution in [3.8, 4) is 6.07 Å². The van der Waals surface area contributed by atoms with Gasteiger partial charge in [0.1, 0.15) is 23.1 Å². The number of rotatable bonds is 0. The molecule has 0 aromatic carbocycles. The molecule has 2 unspecified atom stereocenters. The van der Waals surface area contributed by atoms with Crippen LogP contribution in [0.15, 0.2) is 52.3 Å². The Kier molecular flexibility index (Phi) is 2.50. The molecule has 96 valence electrons. The number of nitrogens with zero attached hydrogens (tertiary/aromatic N) is 2. The minimum Gasteiger partial charge on any atom is -0.483 e. The number of aliphatic imine (C=N–C) groups is 1. The van der Waals surface area contributed by atoms with E-state index in [2.05, 4.69) is 35.4 Å². The molecule has 3 rings (SSSR count). The van der Waals surface area contributed by atoms with Gasteiger partial charge in [0.15, 0.2) is 0 Å². The lowest BCUT2D eigenvalue weighted by atomic mass is 9.82. The maximum Gasteiger partial charge on any atom is 0.135 e. The lowest BCUT2D eigenvalue weighted by molar-refractivity contribution is 0.0769. The summed E-state index contributed by atoms with van der Waals surface area (Å²) >= 11 is 0. The molecule has 3 aliphatic rings. The smallest absolute Gasteiger partial charge is 0.135 e. The zero-order chi connectivity index (χ0) is 13.6. The summed E-state index contributed by atoms with van der Waals surface area (Å²) in [6.45, 7) is 6.13. The van der Waals surface area contributed by atoms with Crippen LogP contribution in [0.1, 0.15) is 20.8 Å². The first-order valence-electron chi connectivity index (χ1n) is 6.47. The van der Waals surface area contributed by atoms with Gasteiger partial charge in [0, 0.05) is 11.5 Å². The third-order valence-electron chi connectivity index (χ3n) is 3.66. The topological polar surface area (TPSA) is 45.4 Å². The van der Waals surface area contributed by atoms with Gasteiger partial charge >= 0.3 is 0 Å². The van der Waals surface area contributed by atoms with Gasteiger partial charge in [-0.2, -0.15) is 5.26 Å². The summed E-state index contributed by atoms with van der Waals surface area (Å²) in [6, 6.07) is 2.15. The van der Waals surface area contributed by atoms with Crippen molar-refractivity contribution in [2.75, 3.05) is 0 Å². The van der Waals surface area contributed by atoms with Crippen LogP contribution in [0.4, 0.5) is 0 Å². The molecular formula is C16H16N2O. The molecule has 0 saturated carbocycles. The van der Waals surface area contributed by atoms with E-state index < -0.39 is 0 Å².